The van der Waals surface area contributed by atoms with Gasteiger partial charge in [0.2, 0.25) is 21.9 Å². The molecule has 202 valence electrons. The number of nitrogens with two attached hydrogens (primary N) is 3. The van der Waals surface area contributed by atoms with Crippen LogP contribution in [0.25, 0.3) is 0 Å². The van der Waals surface area contributed by atoms with E-state index >= 15 is 0 Å². The Morgan fingerprint density at radius 1 is 1.11 bits per heavy atom. The number of nitrogens with zero attached hydrogens (tertiary/aromatic N) is 3. The Balaban J connectivity index is 1.58. The van der Waals surface area contributed by atoms with Crippen molar-refractivity contribution in [1.82, 2.24) is 9.97 Å². The number of carbonyl (C=O) groups is 1. The Morgan fingerprint density at radius 3 is 2.47 bits per heavy atom. The molecule has 0 radical (unpaired) electrons. The quantitative estimate of drug-likeness (QED) is 0.269. The number of hydrogen-bond acceptors (Lipinski definition) is 10. The van der Waals surface area contributed by atoms with Crippen LogP contribution in [0.3, 0.4) is 0 Å². The summed E-state index contributed by atoms with van der Waals surface area (Å²) in [6, 6.07) is 12.0. The molecule has 2 heterocycles. The normalized spacial score (nSPS) is 14.4. The molecule has 1 aromatic heterocycles. The van der Waals surface area contributed by atoms with E-state index in [9.17, 15) is 13.2 Å². The number of benzene rings is 2. The number of nitrogen functional groups attached to an aromatic ring is 1. The highest BCUT2D eigenvalue weighted by atomic mass is 32.2. The zero-order valence-electron chi connectivity index (χ0n) is 21.2. The fourth-order valence-corrected chi connectivity index (χ4v) is 4.90. The maximum atomic E-state index is 12.0. The summed E-state index contributed by atoms with van der Waals surface area (Å²) in [4.78, 5) is 22.3. The van der Waals surface area contributed by atoms with E-state index < -0.39 is 10.0 Å². The van der Waals surface area contributed by atoms with Crippen LogP contribution in [0, 0.1) is 5.92 Å². The summed E-state index contributed by atoms with van der Waals surface area (Å²) in [5, 5.41) is 11.4. The van der Waals surface area contributed by atoms with E-state index in [1.54, 1.807) is 18.2 Å². The van der Waals surface area contributed by atoms with Gasteiger partial charge in [-0.25, -0.2) is 18.5 Å². The van der Waals surface area contributed by atoms with Crippen molar-refractivity contribution >= 4 is 50.4 Å². The van der Waals surface area contributed by atoms with E-state index in [0.717, 1.165) is 18.8 Å². The fraction of sp³-hybridized carbons (Fsp3) is 0.320. The van der Waals surface area contributed by atoms with Crippen LogP contribution in [0.1, 0.15) is 26.7 Å². The monoisotopic (exact) mass is 540 g/mol. The van der Waals surface area contributed by atoms with Gasteiger partial charge in [-0.1, -0.05) is 12.1 Å². The number of primary amides is 1. The van der Waals surface area contributed by atoms with Gasteiger partial charge in [0.25, 0.3) is 0 Å². The molecule has 0 saturated carbocycles. The number of para-hydroxylation sites is 1. The van der Waals surface area contributed by atoms with Crippen LogP contribution >= 0.6 is 0 Å². The van der Waals surface area contributed by atoms with Gasteiger partial charge in [0.15, 0.2) is 5.82 Å². The Bertz CT molecular complexity index is 1420. The lowest BCUT2D eigenvalue weighted by atomic mass is 9.96. The van der Waals surface area contributed by atoms with Crippen LogP contribution in [-0.4, -0.2) is 43.5 Å². The van der Waals surface area contributed by atoms with Crippen LogP contribution < -0.4 is 36.9 Å². The molecule has 1 saturated heterocycles. The number of amides is 1. The molecule has 0 atom stereocenters. The molecule has 1 aliphatic rings. The molecular weight excluding hydrogens is 508 g/mol. The second-order valence-corrected chi connectivity index (χ2v) is 10.8. The fourth-order valence-electron chi connectivity index (χ4n) is 4.20. The number of nitrogens with one attached hydrogen (secondary N) is 2. The second kappa shape index (κ2) is 11.1. The first-order chi connectivity index (χ1) is 18.0. The number of rotatable bonds is 9. The average molecular weight is 541 g/mol. The molecule has 0 bridgehead atoms. The number of sulfonamides is 1. The first-order valence-electron chi connectivity index (χ1n) is 12.1. The van der Waals surface area contributed by atoms with Crippen LogP contribution in [0.15, 0.2) is 53.6 Å². The molecule has 0 aliphatic carbocycles. The third-order valence-corrected chi connectivity index (χ3v) is 7.07. The standard InChI is InChI=1S/C25H32N8O4S/c1-15(2)37-21-13-17(33-11-9-16(10-12-33)23(27)34)7-8-19(21)31-25-29-14-18(26)24(32-25)30-20-5-3-4-6-22(20)38(28,35)36/h3-8,13-16H,9-12,26H2,1-2H3,(H2,27,34)(H2,28,35,36)(H2,29,30,31,32). The number of piperidine rings is 1. The zero-order chi connectivity index (χ0) is 27.4. The minimum atomic E-state index is -3.97. The van der Waals surface area contributed by atoms with E-state index in [-0.39, 0.29) is 46.0 Å². The summed E-state index contributed by atoms with van der Waals surface area (Å²) in [5.41, 5.74) is 13.6. The van der Waals surface area contributed by atoms with Crippen LogP contribution in [-0.2, 0) is 14.8 Å². The first-order valence-corrected chi connectivity index (χ1v) is 13.7. The second-order valence-electron chi connectivity index (χ2n) is 9.30. The van der Waals surface area contributed by atoms with Crippen molar-refractivity contribution in [2.24, 2.45) is 16.8 Å². The molecule has 8 N–H and O–H groups in total. The van der Waals surface area contributed by atoms with Gasteiger partial charge in [-0.15, -0.1) is 0 Å². The molecule has 0 spiro atoms. The van der Waals surface area contributed by atoms with Crippen LogP contribution in [0.4, 0.5) is 34.5 Å². The Labute approximate surface area is 221 Å². The minimum Gasteiger partial charge on any atom is -0.489 e. The molecule has 38 heavy (non-hydrogen) atoms. The van der Waals surface area contributed by atoms with Gasteiger partial charge in [0, 0.05) is 30.8 Å². The van der Waals surface area contributed by atoms with Crippen molar-refractivity contribution in [3.8, 4) is 5.75 Å². The molecule has 4 rings (SSSR count). The maximum Gasteiger partial charge on any atom is 0.240 e. The van der Waals surface area contributed by atoms with E-state index in [0.29, 0.717) is 24.3 Å². The van der Waals surface area contributed by atoms with Gasteiger partial charge in [-0.05, 0) is 51.0 Å². The SMILES string of the molecule is CC(C)Oc1cc(N2CCC(C(N)=O)CC2)ccc1Nc1ncc(N)c(Nc2ccccc2S(N)(=O)=O)n1. The van der Waals surface area contributed by atoms with Crippen LogP contribution in [0.2, 0.25) is 0 Å². The van der Waals surface area contributed by atoms with Gasteiger partial charge in [0.05, 0.1) is 29.4 Å². The topological polar surface area (TPSA) is 192 Å². The molecule has 1 aliphatic heterocycles. The highest BCUT2D eigenvalue weighted by molar-refractivity contribution is 7.89. The maximum absolute atomic E-state index is 12.0. The predicted octanol–water partition coefficient (Wildman–Crippen LogP) is 2.68. The van der Waals surface area contributed by atoms with Gasteiger partial charge < -0.3 is 31.7 Å². The lowest BCUT2D eigenvalue weighted by Crippen LogP contribution is -2.38. The summed E-state index contributed by atoms with van der Waals surface area (Å²) >= 11 is 0. The lowest BCUT2D eigenvalue weighted by molar-refractivity contribution is -0.122. The summed E-state index contributed by atoms with van der Waals surface area (Å²) in [6.07, 6.45) is 2.74. The average Bonchev–Trinajstić information content (AvgIpc) is 2.86. The number of ether oxygens (including phenoxy) is 1. The highest BCUT2D eigenvalue weighted by Crippen LogP contribution is 2.35. The molecule has 3 aromatic rings. The Hall–Kier alpha value is -4.10. The minimum absolute atomic E-state index is 0.0874. The third kappa shape index (κ3) is 6.42. The van der Waals surface area contributed by atoms with Crippen molar-refractivity contribution in [3.63, 3.8) is 0 Å². The van der Waals surface area contributed by atoms with Crippen molar-refractivity contribution < 1.29 is 17.9 Å². The van der Waals surface area contributed by atoms with Crippen molar-refractivity contribution in [3.05, 3.63) is 48.7 Å². The summed E-state index contributed by atoms with van der Waals surface area (Å²) in [5.74, 6) is 0.681. The summed E-state index contributed by atoms with van der Waals surface area (Å²) < 4.78 is 30.0. The summed E-state index contributed by atoms with van der Waals surface area (Å²) in [7, 11) is -3.97. The Morgan fingerprint density at radius 2 is 1.82 bits per heavy atom. The molecule has 2 aromatic carbocycles. The molecule has 0 unspecified atom stereocenters. The third-order valence-electron chi connectivity index (χ3n) is 6.10. The van der Waals surface area contributed by atoms with Crippen molar-refractivity contribution in [2.75, 3.05) is 34.4 Å². The van der Waals surface area contributed by atoms with Crippen molar-refractivity contribution in [2.45, 2.75) is 37.7 Å². The van der Waals surface area contributed by atoms with Gasteiger partial charge in [-0.2, -0.15) is 4.98 Å². The zero-order valence-corrected chi connectivity index (χ0v) is 22.0. The number of primary sulfonamides is 1. The molecule has 1 amide bonds. The van der Waals surface area contributed by atoms with Gasteiger partial charge in [-0.3, -0.25) is 4.79 Å². The largest absolute Gasteiger partial charge is 0.489 e. The van der Waals surface area contributed by atoms with Gasteiger partial charge >= 0.3 is 0 Å². The summed E-state index contributed by atoms with van der Waals surface area (Å²) in [6.45, 7) is 5.30. The first kappa shape index (κ1) is 26.9. The molecular formula is C25H32N8O4S. The number of carbonyl (C=O) groups excluding carboxylic acids is 1. The van der Waals surface area contributed by atoms with E-state index in [2.05, 4.69) is 25.5 Å². The predicted molar refractivity (Wildman–Crippen MR) is 147 cm³/mol. The smallest absolute Gasteiger partial charge is 0.240 e. The lowest BCUT2D eigenvalue weighted by Gasteiger charge is -2.32. The highest BCUT2D eigenvalue weighted by Gasteiger charge is 2.24. The Kier molecular flexibility index (Phi) is 7.88. The van der Waals surface area contributed by atoms with Crippen LogP contribution in [0.5, 0.6) is 5.75 Å². The van der Waals surface area contributed by atoms with E-state index in [1.165, 1.54) is 12.3 Å². The molecule has 1 fully saturated rings. The molecule has 13 heteroatoms. The van der Waals surface area contributed by atoms with E-state index in [1.807, 2.05) is 32.0 Å². The van der Waals surface area contributed by atoms with E-state index in [4.69, 9.17) is 21.3 Å². The molecule has 12 nitrogen and oxygen atoms in total. The number of anilines is 6. The number of hydrogen-bond donors (Lipinski definition) is 5. The van der Waals surface area contributed by atoms with Crippen molar-refractivity contribution in [1.29, 1.82) is 0 Å². The van der Waals surface area contributed by atoms with Gasteiger partial charge in [0.1, 0.15) is 10.6 Å². The number of aromatic nitrogens is 2.